The molecule has 0 aliphatic rings. The van der Waals surface area contributed by atoms with Crippen molar-refractivity contribution in [2.24, 2.45) is 0 Å². The van der Waals surface area contributed by atoms with Crippen LogP contribution in [0, 0.1) is 6.92 Å². The molecule has 4 N–H and O–H groups in total. The maximum absolute atomic E-state index is 11.5. The molecule has 0 saturated heterocycles. The first-order valence-corrected chi connectivity index (χ1v) is 5.45. The Kier molecular flexibility index (Phi) is 4.67. The molecule has 98 valence electrons. The van der Waals surface area contributed by atoms with E-state index in [0.717, 1.165) is 5.56 Å². The summed E-state index contributed by atoms with van der Waals surface area (Å²) >= 11 is 0. The Morgan fingerprint density at radius 1 is 1.22 bits per heavy atom. The van der Waals surface area contributed by atoms with Gasteiger partial charge in [-0.3, -0.25) is 0 Å². The highest BCUT2D eigenvalue weighted by Gasteiger charge is 2.24. The summed E-state index contributed by atoms with van der Waals surface area (Å²) in [6.07, 6.45) is -1.17. The first kappa shape index (κ1) is 14.0. The number of aliphatic carboxylic acids is 1. The van der Waals surface area contributed by atoms with Crippen molar-refractivity contribution in [2.45, 2.75) is 26.0 Å². The predicted molar refractivity (Wildman–Crippen MR) is 66.4 cm³/mol. The topological polar surface area (TPSA) is 98.7 Å². The molecule has 0 aliphatic carbocycles. The van der Waals surface area contributed by atoms with Gasteiger partial charge in [0.1, 0.15) is 0 Å². The molecule has 0 fully saturated rings. The van der Waals surface area contributed by atoms with Crippen LogP contribution in [0.1, 0.15) is 12.5 Å². The van der Waals surface area contributed by atoms with Gasteiger partial charge in [-0.15, -0.1) is 0 Å². The highest BCUT2D eigenvalue weighted by atomic mass is 16.4. The minimum absolute atomic E-state index is 0.549. The second kappa shape index (κ2) is 6.02. The molecule has 0 bridgehead atoms. The van der Waals surface area contributed by atoms with Gasteiger partial charge in [-0.25, -0.2) is 9.59 Å². The van der Waals surface area contributed by atoms with Crippen LogP contribution in [-0.2, 0) is 4.79 Å². The number of anilines is 1. The summed E-state index contributed by atoms with van der Waals surface area (Å²) in [7, 11) is 0. The molecule has 1 aromatic carbocycles. The summed E-state index contributed by atoms with van der Waals surface area (Å²) in [5, 5.41) is 22.7. The van der Waals surface area contributed by atoms with Crippen molar-refractivity contribution in [1.29, 1.82) is 0 Å². The molecule has 0 radical (unpaired) electrons. The third-order valence-electron chi connectivity index (χ3n) is 2.34. The van der Waals surface area contributed by atoms with Crippen molar-refractivity contribution in [3.63, 3.8) is 0 Å². The Morgan fingerprint density at radius 2 is 1.78 bits per heavy atom. The Balaban J connectivity index is 2.60. The van der Waals surface area contributed by atoms with E-state index in [9.17, 15) is 14.7 Å². The third kappa shape index (κ3) is 4.06. The number of hydrogen-bond acceptors (Lipinski definition) is 3. The second-order valence-electron chi connectivity index (χ2n) is 4.02. The maximum Gasteiger partial charge on any atom is 0.328 e. The van der Waals surface area contributed by atoms with E-state index >= 15 is 0 Å². The molecule has 0 aliphatic heterocycles. The van der Waals surface area contributed by atoms with Gasteiger partial charge in [0.25, 0.3) is 0 Å². The number of carbonyl (C=O) groups is 2. The summed E-state index contributed by atoms with van der Waals surface area (Å²) in [6.45, 7) is 3.21. The SMILES string of the molecule is Cc1ccc(NC(=O)NC(C(=O)O)C(C)O)cc1. The molecule has 6 heteroatoms. The Labute approximate surface area is 105 Å². The molecule has 1 aromatic rings. The van der Waals surface area contributed by atoms with Crippen molar-refractivity contribution in [3.05, 3.63) is 29.8 Å². The lowest BCUT2D eigenvalue weighted by Gasteiger charge is -2.17. The number of carbonyl (C=O) groups excluding carboxylic acids is 1. The van der Waals surface area contributed by atoms with Crippen molar-refractivity contribution >= 4 is 17.7 Å². The molecule has 2 atom stereocenters. The number of carboxylic acid groups (broad SMARTS) is 1. The maximum atomic E-state index is 11.5. The number of hydrogen-bond donors (Lipinski definition) is 4. The van der Waals surface area contributed by atoms with E-state index < -0.39 is 24.1 Å². The summed E-state index contributed by atoms with van der Waals surface area (Å²) in [5.41, 5.74) is 1.60. The fourth-order valence-corrected chi connectivity index (χ4v) is 1.33. The number of nitrogens with one attached hydrogen (secondary N) is 2. The van der Waals surface area contributed by atoms with Crippen LogP contribution in [0.25, 0.3) is 0 Å². The number of benzene rings is 1. The van der Waals surface area contributed by atoms with Crippen molar-refractivity contribution in [1.82, 2.24) is 5.32 Å². The first-order chi connectivity index (χ1) is 8.40. The van der Waals surface area contributed by atoms with E-state index in [0.29, 0.717) is 5.69 Å². The summed E-state index contributed by atoms with van der Waals surface area (Å²) in [4.78, 5) is 22.3. The fraction of sp³-hybridized carbons (Fsp3) is 0.333. The van der Waals surface area contributed by atoms with Gasteiger partial charge in [0.05, 0.1) is 6.10 Å². The normalized spacial score (nSPS) is 13.5. The van der Waals surface area contributed by atoms with E-state index in [1.54, 1.807) is 12.1 Å². The number of rotatable bonds is 4. The molecular formula is C12H16N2O4. The smallest absolute Gasteiger partial charge is 0.328 e. The zero-order valence-corrected chi connectivity index (χ0v) is 10.2. The first-order valence-electron chi connectivity index (χ1n) is 5.45. The van der Waals surface area contributed by atoms with Crippen molar-refractivity contribution in [3.8, 4) is 0 Å². The van der Waals surface area contributed by atoms with E-state index in [4.69, 9.17) is 5.11 Å². The van der Waals surface area contributed by atoms with Crippen LogP contribution in [-0.4, -0.2) is 34.4 Å². The second-order valence-corrected chi connectivity index (χ2v) is 4.02. The average Bonchev–Trinajstić information content (AvgIpc) is 2.28. The molecule has 0 spiro atoms. The molecule has 18 heavy (non-hydrogen) atoms. The minimum Gasteiger partial charge on any atom is -0.480 e. The number of carboxylic acids is 1. The van der Waals surface area contributed by atoms with Crippen LogP contribution >= 0.6 is 0 Å². The lowest BCUT2D eigenvalue weighted by Crippen LogP contribution is -2.49. The minimum atomic E-state index is -1.34. The van der Waals surface area contributed by atoms with E-state index in [1.807, 2.05) is 19.1 Å². The lowest BCUT2D eigenvalue weighted by atomic mass is 10.2. The molecule has 2 unspecified atom stereocenters. The van der Waals surface area contributed by atoms with Gasteiger partial charge >= 0.3 is 12.0 Å². The quantitative estimate of drug-likeness (QED) is 0.641. The van der Waals surface area contributed by atoms with Gasteiger partial charge in [0.15, 0.2) is 6.04 Å². The largest absolute Gasteiger partial charge is 0.480 e. The number of aliphatic hydroxyl groups excluding tert-OH is 1. The van der Waals surface area contributed by atoms with Gasteiger partial charge in [0, 0.05) is 5.69 Å². The Hall–Kier alpha value is -2.08. The van der Waals surface area contributed by atoms with Gasteiger partial charge in [-0.2, -0.15) is 0 Å². The van der Waals surface area contributed by atoms with Crippen LogP contribution in [0.3, 0.4) is 0 Å². The van der Waals surface area contributed by atoms with Crippen molar-refractivity contribution in [2.75, 3.05) is 5.32 Å². The van der Waals surface area contributed by atoms with Crippen LogP contribution in [0.15, 0.2) is 24.3 Å². The highest BCUT2D eigenvalue weighted by Crippen LogP contribution is 2.08. The predicted octanol–water partition coefficient (Wildman–Crippen LogP) is 0.951. The summed E-state index contributed by atoms with van der Waals surface area (Å²) in [5.74, 6) is -1.29. The Morgan fingerprint density at radius 3 is 2.22 bits per heavy atom. The number of urea groups is 1. The van der Waals surface area contributed by atoms with Crippen molar-refractivity contribution < 1.29 is 19.8 Å². The lowest BCUT2D eigenvalue weighted by molar-refractivity contribution is -0.141. The highest BCUT2D eigenvalue weighted by molar-refractivity contribution is 5.92. The van der Waals surface area contributed by atoms with E-state index in [2.05, 4.69) is 10.6 Å². The zero-order chi connectivity index (χ0) is 13.7. The molecule has 0 aromatic heterocycles. The van der Waals surface area contributed by atoms with Gasteiger partial charge in [-0.05, 0) is 26.0 Å². The number of amides is 2. The van der Waals surface area contributed by atoms with Crippen LogP contribution in [0.4, 0.5) is 10.5 Å². The van der Waals surface area contributed by atoms with Gasteiger partial charge in [0.2, 0.25) is 0 Å². The monoisotopic (exact) mass is 252 g/mol. The molecule has 0 saturated carbocycles. The number of aliphatic hydroxyl groups is 1. The zero-order valence-electron chi connectivity index (χ0n) is 10.2. The van der Waals surface area contributed by atoms with E-state index in [1.165, 1.54) is 6.92 Å². The summed E-state index contributed by atoms with van der Waals surface area (Å²) < 4.78 is 0. The average molecular weight is 252 g/mol. The molecular weight excluding hydrogens is 236 g/mol. The third-order valence-corrected chi connectivity index (χ3v) is 2.34. The van der Waals surface area contributed by atoms with E-state index in [-0.39, 0.29) is 0 Å². The molecule has 6 nitrogen and oxygen atoms in total. The number of aryl methyl sites for hydroxylation is 1. The molecule has 1 rings (SSSR count). The molecule has 2 amide bonds. The standard InChI is InChI=1S/C12H16N2O4/c1-7-3-5-9(6-4-7)13-12(18)14-10(8(2)15)11(16)17/h3-6,8,10,15H,1-2H3,(H,16,17)(H2,13,14,18). The van der Waals surface area contributed by atoms with Gasteiger partial charge < -0.3 is 20.8 Å². The van der Waals surface area contributed by atoms with Gasteiger partial charge in [-0.1, -0.05) is 17.7 Å². The van der Waals surface area contributed by atoms with Crippen LogP contribution in [0.5, 0.6) is 0 Å². The molecule has 0 heterocycles. The fourth-order valence-electron chi connectivity index (χ4n) is 1.33. The van der Waals surface area contributed by atoms with Crippen LogP contribution in [0.2, 0.25) is 0 Å². The summed E-state index contributed by atoms with van der Waals surface area (Å²) in [6, 6.07) is 5.03. The van der Waals surface area contributed by atoms with Crippen LogP contribution < -0.4 is 10.6 Å². The Bertz CT molecular complexity index is 428.